The molecular formula is C13H14Cl2N2O4. The van der Waals surface area contributed by atoms with Gasteiger partial charge in [0.1, 0.15) is 6.04 Å². The van der Waals surface area contributed by atoms with Crippen LogP contribution in [0.2, 0.25) is 10.0 Å². The highest BCUT2D eigenvalue weighted by Gasteiger charge is 2.20. The molecule has 21 heavy (non-hydrogen) atoms. The lowest BCUT2D eigenvalue weighted by Crippen LogP contribution is -2.47. The van der Waals surface area contributed by atoms with Crippen LogP contribution in [0.15, 0.2) is 18.2 Å². The number of hydrogen-bond donors (Lipinski definition) is 2. The zero-order valence-corrected chi connectivity index (χ0v) is 12.7. The van der Waals surface area contributed by atoms with Crippen molar-refractivity contribution in [2.75, 3.05) is 6.61 Å². The molecule has 0 bridgehead atoms. The fourth-order valence-corrected chi connectivity index (χ4v) is 2.02. The van der Waals surface area contributed by atoms with Gasteiger partial charge in [-0.15, -0.1) is 0 Å². The fourth-order valence-electron chi connectivity index (χ4n) is 1.53. The summed E-state index contributed by atoms with van der Waals surface area (Å²) in [5.41, 5.74) is 5.85. The smallest absolute Gasteiger partial charge is 0.303 e. The summed E-state index contributed by atoms with van der Waals surface area (Å²) < 4.78 is 4.53. The molecule has 0 radical (unpaired) electrons. The van der Waals surface area contributed by atoms with Crippen LogP contribution >= 0.6 is 23.2 Å². The zero-order chi connectivity index (χ0) is 16.0. The van der Waals surface area contributed by atoms with E-state index in [0.717, 1.165) is 0 Å². The number of rotatable bonds is 6. The lowest BCUT2D eigenvalue weighted by Gasteiger charge is -2.16. The van der Waals surface area contributed by atoms with Crippen molar-refractivity contribution in [3.8, 4) is 0 Å². The van der Waals surface area contributed by atoms with Crippen molar-refractivity contribution in [3.63, 3.8) is 0 Å². The van der Waals surface area contributed by atoms with E-state index in [9.17, 15) is 14.4 Å². The Labute approximate surface area is 131 Å². The standard InChI is InChI=1S/C13H14Cl2N2O4/c1-7(18)21-6-12(19)17-11(13(16)20)4-8-2-3-9(14)5-10(8)15/h2-3,5,11H,4,6H2,1H3,(H2,16,20)(H,17,19)/t11-/m1/s1. The second-order valence-electron chi connectivity index (χ2n) is 4.24. The molecule has 0 unspecified atom stereocenters. The Morgan fingerprint density at radius 2 is 2.00 bits per heavy atom. The maximum atomic E-state index is 11.5. The summed E-state index contributed by atoms with van der Waals surface area (Å²) in [5, 5.41) is 3.20. The number of nitrogens with one attached hydrogen (secondary N) is 1. The van der Waals surface area contributed by atoms with Gasteiger partial charge in [-0.05, 0) is 17.7 Å². The third kappa shape index (κ3) is 6.01. The van der Waals surface area contributed by atoms with E-state index in [1.165, 1.54) is 13.0 Å². The number of esters is 1. The van der Waals surface area contributed by atoms with Gasteiger partial charge in [0.05, 0.1) is 0 Å². The van der Waals surface area contributed by atoms with E-state index in [1.54, 1.807) is 12.1 Å². The Hall–Kier alpha value is -1.79. The van der Waals surface area contributed by atoms with Crippen LogP contribution in [0.4, 0.5) is 0 Å². The van der Waals surface area contributed by atoms with Crippen LogP contribution in [0, 0.1) is 0 Å². The first-order valence-corrected chi connectivity index (χ1v) is 6.71. The van der Waals surface area contributed by atoms with E-state index >= 15 is 0 Å². The van der Waals surface area contributed by atoms with Gasteiger partial charge in [-0.25, -0.2) is 0 Å². The fraction of sp³-hybridized carbons (Fsp3) is 0.308. The van der Waals surface area contributed by atoms with Crippen LogP contribution in [0.3, 0.4) is 0 Å². The number of carbonyl (C=O) groups is 3. The number of nitrogens with two attached hydrogens (primary N) is 1. The summed E-state index contributed by atoms with van der Waals surface area (Å²) in [7, 11) is 0. The molecule has 0 fully saturated rings. The molecule has 0 heterocycles. The van der Waals surface area contributed by atoms with Gasteiger partial charge < -0.3 is 15.8 Å². The number of carbonyl (C=O) groups excluding carboxylic acids is 3. The van der Waals surface area contributed by atoms with Crippen LogP contribution in [-0.4, -0.2) is 30.4 Å². The normalized spacial score (nSPS) is 11.6. The molecule has 0 aliphatic heterocycles. The molecule has 2 amide bonds. The predicted octanol–water partition coefficient (Wildman–Crippen LogP) is 1.07. The van der Waals surface area contributed by atoms with E-state index in [2.05, 4.69) is 10.1 Å². The number of hydrogen-bond acceptors (Lipinski definition) is 4. The summed E-state index contributed by atoms with van der Waals surface area (Å²) in [6, 6.07) is 3.81. The lowest BCUT2D eigenvalue weighted by atomic mass is 10.1. The molecule has 1 atom stereocenters. The van der Waals surface area contributed by atoms with Crippen LogP contribution in [-0.2, 0) is 25.5 Å². The second kappa shape index (κ2) is 7.85. The van der Waals surface area contributed by atoms with E-state index in [0.29, 0.717) is 15.6 Å². The average molecular weight is 333 g/mol. The molecule has 0 aromatic heterocycles. The quantitative estimate of drug-likeness (QED) is 0.761. The van der Waals surface area contributed by atoms with Crippen molar-refractivity contribution in [3.05, 3.63) is 33.8 Å². The first-order valence-electron chi connectivity index (χ1n) is 5.95. The molecule has 114 valence electrons. The summed E-state index contributed by atoms with van der Waals surface area (Å²) >= 11 is 11.8. The highest BCUT2D eigenvalue weighted by molar-refractivity contribution is 6.35. The molecule has 3 N–H and O–H groups in total. The van der Waals surface area contributed by atoms with E-state index in [4.69, 9.17) is 28.9 Å². The van der Waals surface area contributed by atoms with E-state index in [1.807, 2.05) is 0 Å². The number of halogens is 2. The highest BCUT2D eigenvalue weighted by atomic mass is 35.5. The van der Waals surface area contributed by atoms with Crippen LogP contribution in [0.1, 0.15) is 12.5 Å². The van der Waals surface area contributed by atoms with Crippen molar-refractivity contribution in [1.82, 2.24) is 5.32 Å². The van der Waals surface area contributed by atoms with Crippen molar-refractivity contribution in [2.24, 2.45) is 5.73 Å². The third-order valence-corrected chi connectivity index (χ3v) is 3.11. The molecule has 1 aromatic carbocycles. The Morgan fingerprint density at radius 3 is 2.52 bits per heavy atom. The van der Waals surface area contributed by atoms with E-state index in [-0.39, 0.29) is 6.42 Å². The zero-order valence-electron chi connectivity index (χ0n) is 11.2. The van der Waals surface area contributed by atoms with Gasteiger partial charge in [-0.1, -0.05) is 29.3 Å². The van der Waals surface area contributed by atoms with Crippen molar-refractivity contribution < 1.29 is 19.1 Å². The summed E-state index contributed by atoms with van der Waals surface area (Å²) in [4.78, 5) is 33.5. The molecule has 1 rings (SSSR count). The molecule has 0 spiro atoms. The van der Waals surface area contributed by atoms with Crippen LogP contribution in [0.5, 0.6) is 0 Å². The molecule has 0 saturated heterocycles. The Kier molecular flexibility index (Phi) is 6.45. The Morgan fingerprint density at radius 1 is 1.33 bits per heavy atom. The average Bonchev–Trinajstić information content (AvgIpc) is 2.38. The van der Waals surface area contributed by atoms with Gasteiger partial charge in [0.2, 0.25) is 5.91 Å². The molecule has 6 nitrogen and oxygen atoms in total. The molecule has 8 heteroatoms. The van der Waals surface area contributed by atoms with Gasteiger partial charge in [0.15, 0.2) is 6.61 Å². The first-order chi connectivity index (χ1) is 9.79. The number of ether oxygens (including phenoxy) is 1. The second-order valence-corrected chi connectivity index (χ2v) is 5.09. The van der Waals surface area contributed by atoms with Crippen LogP contribution in [0.25, 0.3) is 0 Å². The van der Waals surface area contributed by atoms with Gasteiger partial charge in [0.25, 0.3) is 5.91 Å². The largest absolute Gasteiger partial charge is 0.456 e. The van der Waals surface area contributed by atoms with Crippen molar-refractivity contribution in [1.29, 1.82) is 0 Å². The minimum atomic E-state index is -0.966. The molecule has 0 aliphatic carbocycles. The SMILES string of the molecule is CC(=O)OCC(=O)N[C@H](Cc1ccc(Cl)cc1Cl)C(N)=O. The van der Waals surface area contributed by atoms with Gasteiger partial charge in [-0.3, -0.25) is 14.4 Å². The predicted molar refractivity (Wildman–Crippen MR) is 77.9 cm³/mol. The topological polar surface area (TPSA) is 98.5 Å². The molecule has 0 aliphatic rings. The van der Waals surface area contributed by atoms with E-state index < -0.39 is 30.4 Å². The van der Waals surface area contributed by atoms with Gasteiger partial charge in [0, 0.05) is 23.4 Å². The summed E-state index contributed by atoms with van der Waals surface area (Å²) in [6.07, 6.45) is 0.108. The maximum Gasteiger partial charge on any atom is 0.303 e. The monoisotopic (exact) mass is 332 g/mol. The van der Waals surface area contributed by atoms with Gasteiger partial charge in [-0.2, -0.15) is 0 Å². The molecule has 0 saturated carbocycles. The minimum Gasteiger partial charge on any atom is -0.456 e. The van der Waals surface area contributed by atoms with Crippen molar-refractivity contribution in [2.45, 2.75) is 19.4 Å². The highest BCUT2D eigenvalue weighted by Crippen LogP contribution is 2.22. The number of benzene rings is 1. The first kappa shape index (κ1) is 17.3. The molecular weight excluding hydrogens is 319 g/mol. The third-order valence-electron chi connectivity index (χ3n) is 2.52. The maximum absolute atomic E-state index is 11.5. The Balaban J connectivity index is 2.71. The van der Waals surface area contributed by atoms with Gasteiger partial charge >= 0.3 is 5.97 Å². The number of amides is 2. The minimum absolute atomic E-state index is 0.108. The summed E-state index contributed by atoms with van der Waals surface area (Å²) in [5.74, 6) is -1.95. The number of primary amides is 1. The van der Waals surface area contributed by atoms with Crippen LogP contribution < -0.4 is 11.1 Å². The van der Waals surface area contributed by atoms with Crippen molar-refractivity contribution >= 4 is 41.0 Å². The Bertz CT molecular complexity index is 563. The summed E-state index contributed by atoms with van der Waals surface area (Å²) in [6.45, 7) is 0.694. The lowest BCUT2D eigenvalue weighted by molar-refractivity contribution is -0.146. The molecule has 1 aromatic rings.